The standard InChI is InChI=1S/C16H23NO3/c1-12(2)9-20-14-5-3-4-13(8-14)15(19)17-10-16(11-18)6-7-16/h3-5,8,12,18H,6-7,9-11H2,1-2H3,(H,17,19). The third kappa shape index (κ3) is 3.97. The highest BCUT2D eigenvalue weighted by Crippen LogP contribution is 2.44. The SMILES string of the molecule is CC(C)COc1cccc(C(=O)NCC2(CO)CC2)c1. The van der Waals surface area contributed by atoms with Gasteiger partial charge in [0, 0.05) is 17.5 Å². The van der Waals surface area contributed by atoms with Gasteiger partial charge in [0.05, 0.1) is 13.2 Å². The quantitative estimate of drug-likeness (QED) is 0.803. The Bertz CT molecular complexity index is 467. The van der Waals surface area contributed by atoms with Crippen LogP contribution in [0.2, 0.25) is 0 Å². The first kappa shape index (κ1) is 14.9. The second kappa shape index (κ2) is 6.27. The average molecular weight is 277 g/mol. The van der Waals surface area contributed by atoms with Crippen LogP contribution in [-0.4, -0.2) is 30.8 Å². The van der Waals surface area contributed by atoms with Crippen LogP contribution in [0.3, 0.4) is 0 Å². The van der Waals surface area contributed by atoms with Crippen LogP contribution in [0.4, 0.5) is 0 Å². The first-order valence-electron chi connectivity index (χ1n) is 7.17. The molecule has 1 saturated carbocycles. The number of ether oxygens (including phenoxy) is 1. The van der Waals surface area contributed by atoms with Crippen molar-refractivity contribution in [3.05, 3.63) is 29.8 Å². The number of aliphatic hydroxyl groups is 1. The molecule has 1 aromatic carbocycles. The first-order chi connectivity index (χ1) is 9.54. The van der Waals surface area contributed by atoms with Gasteiger partial charge < -0.3 is 15.2 Å². The van der Waals surface area contributed by atoms with E-state index in [1.807, 2.05) is 12.1 Å². The maximum atomic E-state index is 12.1. The highest BCUT2D eigenvalue weighted by molar-refractivity contribution is 5.94. The van der Waals surface area contributed by atoms with E-state index in [2.05, 4.69) is 19.2 Å². The summed E-state index contributed by atoms with van der Waals surface area (Å²) in [4.78, 5) is 12.1. The van der Waals surface area contributed by atoms with Gasteiger partial charge in [0.15, 0.2) is 0 Å². The van der Waals surface area contributed by atoms with Gasteiger partial charge in [0.25, 0.3) is 5.91 Å². The van der Waals surface area contributed by atoms with Crippen LogP contribution in [0.25, 0.3) is 0 Å². The monoisotopic (exact) mass is 277 g/mol. The Morgan fingerprint density at radius 3 is 2.80 bits per heavy atom. The molecule has 0 unspecified atom stereocenters. The molecule has 0 bridgehead atoms. The van der Waals surface area contributed by atoms with Crippen LogP contribution >= 0.6 is 0 Å². The van der Waals surface area contributed by atoms with Gasteiger partial charge in [-0.3, -0.25) is 4.79 Å². The lowest BCUT2D eigenvalue weighted by molar-refractivity contribution is 0.0934. The largest absolute Gasteiger partial charge is 0.493 e. The third-order valence-corrected chi connectivity index (χ3v) is 3.60. The first-order valence-corrected chi connectivity index (χ1v) is 7.17. The molecule has 0 radical (unpaired) electrons. The van der Waals surface area contributed by atoms with Crippen molar-refractivity contribution in [3.63, 3.8) is 0 Å². The molecule has 110 valence electrons. The van der Waals surface area contributed by atoms with Crippen LogP contribution in [-0.2, 0) is 0 Å². The fourth-order valence-corrected chi connectivity index (χ4v) is 1.93. The Morgan fingerprint density at radius 2 is 2.20 bits per heavy atom. The van der Waals surface area contributed by atoms with Crippen molar-refractivity contribution in [2.45, 2.75) is 26.7 Å². The predicted molar refractivity (Wildman–Crippen MR) is 77.9 cm³/mol. The van der Waals surface area contributed by atoms with Crippen LogP contribution in [0.1, 0.15) is 37.0 Å². The summed E-state index contributed by atoms with van der Waals surface area (Å²) in [6, 6.07) is 7.21. The zero-order valence-corrected chi connectivity index (χ0v) is 12.2. The van der Waals surface area contributed by atoms with E-state index < -0.39 is 0 Å². The number of benzene rings is 1. The number of amides is 1. The summed E-state index contributed by atoms with van der Waals surface area (Å²) >= 11 is 0. The molecular formula is C16H23NO3. The summed E-state index contributed by atoms with van der Waals surface area (Å²) in [7, 11) is 0. The van der Waals surface area contributed by atoms with E-state index in [0.29, 0.717) is 24.6 Å². The van der Waals surface area contributed by atoms with E-state index in [4.69, 9.17) is 4.74 Å². The molecule has 1 fully saturated rings. The van der Waals surface area contributed by atoms with Crippen molar-refractivity contribution < 1.29 is 14.6 Å². The lowest BCUT2D eigenvalue weighted by Crippen LogP contribution is -2.31. The minimum absolute atomic E-state index is 0.0680. The maximum absolute atomic E-state index is 12.1. The summed E-state index contributed by atoms with van der Waals surface area (Å²) in [5.74, 6) is 1.06. The topological polar surface area (TPSA) is 58.6 Å². The van der Waals surface area contributed by atoms with Gasteiger partial charge in [0.2, 0.25) is 0 Å². The Morgan fingerprint density at radius 1 is 1.45 bits per heavy atom. The molecule has 4 nitrogen and oxygen atoms in total. The highest BCUT2D eigenvalue weighted by atomic mass is 16.5. The summed E-state index contributed by atoms with van der Waals surface area (Å²) in [5.41, 5.74) is 0.529. The zero-order valence-electron chi connectivity index (χ0n) is 12.2. The van der Waals surface area contributed by atoms with Gasteiger partial charge in [-0.05, 0) is 37.0 Å². The van der Waals surface area contributed by atoms with Gasteiger partial charge in [-0.25, -0.2) is 0 Å². The Kier molecular flexibility index (Phi) is 4.65. The van der Waals surface area contributed by atoms with Gasteiger partial charge in [-0.1, -0.05) is 19.9 Å². The second-order valence-corrected chi connectivity index (χ2v) is 6.07. The molecule has 0 heterocycles. The van der Waals surface area contributed by atoms with Crippen molar-refractivity contribution in [1.29, 1.82) is 0 Å². The van der Waals surface area contributed by atoms with Crippen molar-refractivity contribution in [3.8, 4) is 5.75 Å². The van der Waals surface area contributed by atoms with E-state index in [1.165, 1.54) is 0 Å². The van der Waals surface area contributed by atoms with E-state index in [0.717, 1.165) is 18.6 Å². The molecule has 0 aromatic heterocycles. The molecule has 2 N–H and O–H groups in total. The summed E-state index contributed by atoms with van der Waals surface area (Å²) in [6.45, 7) is 5.49. The van der Waals surface area contributed by atoms with Crippen molar-refractivity contribution in [2.24, 2.45) is 11.3 Å². The number of hydrogen-bond donors (Lipinski definition) is 2. The Hall–Kier alpha value is -1.55. The summed E-state index contributed by atoms with van der Waals surface area (Å²) in [5, 5.41) is 12.1. The minimum atomic E-state index is -0.111. The summed E-state index contributed by atoms with van der Waals surface area (Å²) < 4.78 is 5.62. The molecular weight excluding hydrogens is 254 g/mol. The number of aliphatic hydroxyl groups excluding tert-OH is 1. The maximum Gasteiger partial charge on any atom is 0.251 e. The number of carbonyl (C=O) groups excluding carboxylic acids is 1. The number of hydrogen-bond acceptors (Lipinski definition) is 3. The number of nitrogens with one attached hydrogen (secondary N) is 1. The Balaban J connectivity index is 1.90. The molecule has 0 atom stereocenters. The van der Waals surface area contributed by atoms with Gasteiger partial charge in [-0.2, -0.15) is 0 Å². The fourth-order valence-electron chi connectivity index (χ4n) is 1.93. The van der Waals surface area contributed by atoms with E-state index in [-0.39, 0.29) is 17.9 Å². The van der Waals surface area contributed by atoms with E-state index >= 15 is 0 Å². The van der Waals surface area contributed by atoms with E-state index in [9.17, 15) is 9.90 Å². The van der Waals surface area contributed by atoms with Crippen molar-refractivity contribution >= 4 is 5.91 Å². The highest BCUT2D eigenvalue weighted by Gasteiger charge is 2.42. The number of rotatable bonds is 7. The van der Waals surface area contributed by atoms with Gasteiger partial charge >= 0.3 is 0 Å². The molecule has 4 heteroatoms. The molecule has 0 saturated heterocycles. The predicted octanol–water partition coefficient (Wildman–Crippen LogP) is 2.22. The number of carbonyl (C=O) groups is 1. The molecule has 1 aromatic rings. The van der Waals surface area contributed by atoms with Crippen LogP contribution in [0, 0.1) is 11.3 Å². The molecule has 0 aliphatic heterocycles. The van der Waals surface area contributed by atoms with Gasteiger partial charge in [-0.15, -0.1) is 0 Å². The van der Waals surface area contributed by atoms with Gasteiger partial charge in [0.1, 0.15) is 5.75 Å². The van der Waals surface area contributed by atoms with Crippen LogP contribution < -0.4 is 10.1 Å². The lowest BCUT2D eigenvalue weighted by Gasteiger charge is -2.13. The average Bonchev–Trinajstić information content (AvgIpc) is 3.23. The van der Waals surface area contributed by atoms with Crippen LogP contribution in [0.15, 0.2) is 24.3 Å². The summed E-state index contributed by atoms with van der Waals surface area (Å²) in [6.07, 6.45) is 1.97. The van der Waals surface area contributed by atoms with Crippen molar-refractivity contribution in [2.75, 3.05) is 19.8 Å². The van der Waals surface area contributed by atoms with E-state index in [1.54, 1.807) is 12.1 Å². The molecule has 0 spiro atoms. The Labute approximate surface area is 120 Å². The molecule has 2 rings (SSSR count). The zero-order chi connectivity index (χ0) is 14.6. The minimum Gasteiger partial charge on any atom is -0.493 e. The molecule has 1 aliphatic carbocycles. The van der Waals surface area contributed by atoms with Crippen LogP contribution in [0.5, 0.6) is 5.75 Å². The second-order valence-electron chi connectivity index (χ2n) is 6.07. The molecule has 20 heavy (non-hydrogen) atoms. The van der Waals surface area contributed by atoms with Crippen molar-refractivity contribution in [1.82, 2.24) is 5.32 Å². The lowest BCUT2D eigenvalue weighted by atomic mass is 10.1. The molecule has 1 amide bonds. The molecule has 1 aliphatic rings. The smallest absolute Gasteiger partial charge is 0.251 e. The fraction of sp³-hybridized carbons (Fsp3) is 0.562. The normalized spacial score (nSPS) is 16.0. The third-order valence-electron chi connectivity index (χ3n) is 3.60.